The van der Waals surface area contributed by atoms with Gasteiger partial charge in [-0.1, -0.05) is 26.0 Å². The van der Waals surface area contributed by atoms with E-state index in [-0.39, 0.29) is 34.5 Å². The fourth-order valence-corrected chi connectivity index (χ4v) is 4.90. The summed E-state index contributed by atoms with van der Waals surface area (Å²) in [5, 5.41) is 10.9. The lowest BCUT2D eigenvalue weighted by molar-refractivity contribution is -0.135. The van der Waals surface area contributed by atoms with Gasteiger partial charge >= 0.3 is 5.97 Å². The van der Waals surface area contributed by atoms with E-state index in [1.807, 2.05) is 6.07 Å². The van der Waals surface area contributed by atoms with Gasteiger partial charge in [-0.15, -0.1) is 0 Å². The fraction of sp³-hybridized carbons (Fsp3) is 0.290. The van der Waals surface area contributed by atoms with Gasteiger partial charge in [0, 0.05) is 17.5 Å². The summed E-state index contributed by atoms with van der Waals surface area (Å²) in [6.07, 6.45) is 1.34. The van der Waals surface area contributed by atoms with E-state index in [1.54, 1.807) is 37.4 Å². The first-order valence-electron chi connectivity index (χ1n) is 12.8. The Kier molecular flexibility index (Phi) is 7.30. The topological polar surface area (TPSA) is 114 Å². The maximum absolute atomic E-state index is 13.7. The van der Waals surface area contributed by atoms with Gasteiger partial charge in [0.15, 0.2) is 23.0 Å². The van der Waals surface area contributed by atoms with Crippen molar-refractivity contribution < 1.29 is 38.0 Å². The maximum atomic E-state index is 13.7. The Morgan fingerprint density at radius 3 is 2.33 bits per heavy atom. The highest BCUT2D eigenvalue weighted by atomic mass is 16.5. The van der Waals surface area contributed by atoms with E-state index in [4.69, 9.17) is 28.1 Å². The molecule has 0 saturated carbocycles. The number of ether oxygens (including phenoxy) is 5. The predicted molar refractivity (Wildman–Crippen MR) is 148 cm³/mol. The zero-order valence-corrected chi connectivity index (χ0v) is 22.9. The van der Waals surface area contributed by atoms with E-state index in [0.717, 1.165) is 5.56 Å². The minimum absolute atomic E-state index is 0.00334. The normalized spacial score (nSPS) is 14.6. The van der Waals surface area contributed by atoms with Gasteiger partial charge in [-0.05, 0) is 41.3 Å². The molecule has 0 saturated heterocycles. The summed E-state index contributed by atoms with van der Waals surface area (Å²) in [5.41, 5.74) is 1.67. The van der Waals surface area contributed by atoms with Crippen molar-refractivity contribution in [2.75, 3.05) is 27.9 Å². The number of carbonyl (C=O) groups is 1. The number of fused-ring (bicyclic) bond motifs is 3. The van der Waals surface area contributed by atoms with Gasteiger partial charge < -0.3 is 33.2 Å². The van der Waals surface area contributed by atoms with Crippen molar-refractivity contribution in [2.24, 2.45) is 5.92 Å². The van der Waals surface area contributed by atoms with Crippen LogP contribution >= 0.6 is 0 Å². The highest BCUT2D eigenvalue weighted by molar-refractivity contribution is 5.94. The second-order valence-corrected chi connectivity index (χ2v) is 9.91. The third-order valence-electron chi connectivity index (χ3n) is 6.83. The third-order valence-corrected chi connectivity index (χ3v) is 6.83. The molecule has 3 aromatic carbocycles. The summed E-state index contributed by atoms with van der Waals surface area (Å²) >= 11 is 0. The molecule has 1 atom stereocenters. The monoisotopic (exact) mass is 546 g/mol. The number of hydrogen-bond acceptors (Lipinski definition) is 9. The number of carbonyl (C=O) groups excluding carboxylic acids is 1. The summed E-state index contributed by atoms with van der Waals surface area (Å²) in [6.45, 7) is 4.62. The largest absolute Gasteiger partial charge is 0.507 e. The Labute approximate surface area is 230 Å². The number of phenols is 1. The van der Waals surface area contributed by atoms with Crippen LogP contribution in [-0.2, 0) is 4.79 Å². The van der Waals surface area contributed by atoms with Gasteiger partial charge in [-0.3, -0.25) is 9.59 Å². The van der Waals surface area contributed by atoms with Gasteiger partial charge in [0.2, 0.25) is 5.43 Å². The van der Waals surface area contributed by atoms with Crippen molar-refractivity contribution in [3.63, 3.8) is 0 Å². The first-order chi connectivity index (χ1) is 19.2. The molecule has 1 aromatic heterocycles. The molecule has 9 nitrogen and oxygen atoms in total. The van der Waals surface area contributed by atoms with Crippen molar-refractivity contribution in [2.45, 2.75) is 26.2 Å². The van der Waals surface area contributed by atoms with Crippen LogP contribution in [0.5, 0.6) is 34.5 Å². The lowest BCUT2D eigenvalue weighted by Crippen LogP contribution is -2.22. The van der Waals surface area contributed by atoms with Gasteiger partial charge in [-0.2, -0.15) is 0 Å². The van der Waals surface area contributed by atoms with Crippen LogP contribution in [0.4, 0.5) is 0 Å². The Morgan fingerprint density at radius 2 is 1.62 bits per heavy atom. The molecule has 0 bridgehead atoms. The minimum atomic E-state index is -0.525. The zero-order valence-electron chi connectivity index (χ0n) is 22.9. The SMILES string of the molecule is COc1ccc(-c2coc3c4c(cc(O)c3c2=O)OC(=O)C[C@H]4c2ccc(OCC(C)C)c(OC)c2)cc1OC. The Morgan fingerprint density at radius 1 is 0.925 bits per heavy atom. The summed E-state index contributed by atoms with van der Waals surface area (Å²) in [6, 6.07) is 11.8. The van der Waals surface area contributed by atoms with E-state index < -0.39 is 17.3 Å². The standard InChI is InChI=1S/C31H30O9/c1-16(2)14-38-23-9-7-17(10-25(23)37-5)19-12-27(33)40-26-13-21(32)29-30(34)20(15-39-31(29)28(19)26)18-6-8-22(35-3)24(11-18)36-4/h6-11,13,15-16,19,32H,12,14H2,1-5H3/t19-/m0/s1. The molecule has 0 spiro atoms. The molecule has 208 valence electrons. The molecular weight excluding hydrogens is 516 g/mol. The smallest absolute Gasteiger partial charge is 0.312 e. The average Bonchev–Trinajstić information content (AvgIpc) is 2.94. The highest BCUT2D eigenvalue weighted by Crippen LogP contribution is 2.47. The van der Waals surface area contributed by atoms with Crippen LogP contribution in [0.15, 0.2) is 57.9 Å². The number of benzene rings is 3. The summed E-state index contributed by atoms with van der Waals surface area (Å²) in [4.78, 5) is 26.3. The molecule has 0 unspecified atom stereocenters. The molecule has 2 heterocycles. The molecule has 1 aliphatic heterocycles. The van der Waals surface area contributed by atoms with Crippen molar-refractivity contribution in [3.05, 3.63) is 70.1 Å². The molecule has 0 amide bonds. The summed E-state index contributed by atoms with van der Waals surface area (Å²) in [5.74, 6) is 1.15. The Bertz CT molecular complexity index is 1650. The minimum Gasteiger partial charge on any atom is -0.507 e. The number of phenolic OH excluding ortho intramolecular Hbond substituents is 1. The molecule has 4 aromatic rings. The van der Waals surface area contributed by atoms with Crippen LogP contribution < -0.4 is 29.1 Å². The van der Waals surface area contributed by atoms with E-state index in [9.17, 15) is 14.7 Å². The molecule has 1 aliphatic rings. The molecular formula is C31H30O9. The van der Waals surface area contributed by atoms with Gasteiger partial charge in [0.1, 0.15) is 28.7 Å². The molecule has 0 fully saturated rings. The van der Waals surface area contributed by atoms with Crippen LogP contribution in [0.25, 0.3) is 22.1 Å². The number of methoxy groups -OCH3 is 3. The number of esters is 1. The maximum Gasteiger partial charge on any atom is 0.312 e. The fourth-order valence-electron chi connectivity index (χ4n) is 4.90. The van der Waals surface area contributed by atoms with Crippen LogP contribution in [0.3, 0.4) is 0 Å². The molecule has 5 rings (SSSR count). The second-order valence-electron chi connectivity index (χ2n) is 9.91. The molecule has 40 heavy (non-hydrogen) atoms. The number of hydrogen-bond donors (Lipinski definition) is 1. The Hall–Kier alpha value is -4.66. The van der Waals surface area contributed by atoms with Crippen LogP contribution in [0.2, 0.25) is 0 Å². The highest BCUT2D eigenvalue weighted by Gasteiger charge is 2.34. The van der Waals surface area contributed by atoms with Crippen molar-refractivity contribution in [3.8, 4) is 45.6 Å². The van der Waals surface area contributed by atoms with Crippen molar-refractivity contribution in [1.29, 1.82) is 0 Å². The van der Waals surface area contributed by atoms with Gasteiger partial charge in [0.05, 0.1) is 39.9 Å². The average molecular weight is 547 g/mol. The predicted octanol–water partition coefficient (Wildman–Crippen LogP) is 5.67. The van der Waals surface area contributed by atoms with Crippen molar-refractivity contribution >= 4 is 16.9 Å². The van der Waals surface area contributed by atoms with E-state index in [0.29, 0.717) is 46.6 Å². The van der Waals surface area contributed by atoms with E-state index >= 15 is 0 Å². The first kappa shape index (κ1) is 26.9. The van der Waals surface area contributed by atoms with Crippen molar-refractivity contribution in [1.82, 2.24) is 0 Å². The van der Waals surface area contributed by atoms with E-state index in [1.165, 1.54) is 26.5 Å². The lowest BCUT2D eigenvalue weighted by atomic mass is 9.84. The summed E-state index contributed by atoms with van der Waals surface area (Å²) in [7, 11) is 4.57. The third kappa shape index (κ3) is 4.79. The lowest BCUT2D eigenvalue weighted by Gasteiger charge is -2.26. The first-order valence-corrected chi connectivity index (χ1v) is 12.8. The zero-order chi connectivity index (χ0) is 28.6. The van der Waals surface area contributed by atoms with Crippen LogP contribution in [-0.4, -0.2) is 39.0 Å². The molecule has 9 heteroatoms. The van der Waals surface area contributed by atoms with E-state index in [2.05, 4.69) is 13.8 Å². The van der Waals surface area contributed by atoms with Crippen LogP contribution in [0, 0.1) is 5.92 Å². The Balaban J connectivity index is 1.66. The molecule has 0 aliphatic carbocycles. The second kappa shape index (κ2) is 10.8. The van der Waals surface area contributed by atoms with Gasteiger partial charge in [0.25, 0.3) is 0 Å². The molecule has 0 radical (unpaired) electrons. The van der Waals surface area contributed by atoms with Crippen LogP contribution in [0.1, 0.15) is 37.3 Å². The molecule has 1 N–H and O–H groups in total. The summed E-state index contributed by atoms with van der Waals surface area (Å²) < 4.78 is 33.7. The number of aromatic hydroxyl groups is 1. The number of rotatable bonds is 8. The van der Waals surface area contributed by atoms with Gasteiger partial charge in [-0.25, -0.2) is 0 Å². The quantitative estimate of drug-likeness (QED) is 0.221.